The zero-order valence-electron chi connectivity index (χ0n) is 11.1. The summed E-state index contributed by atoms with van der Waals surface area (Å²) in [6, 6.07) is 12.9. The fourth-order valence-electron chi connectivity index (χ4n) is 2.09. The van der Waals surface area contributed by atoms with Gasteiger partial charge in [-0.1, -0.05) is 35.9 Å². The molecule has 0 aliphatic heterocycles. The molecule has 0 atom stereocenters. The van der Waals surface area contributed by atoms with E-state index < -0.39 is 0 Å². The van der Waals surface area contributed by atoms with Crippen LogP contribution in [-0.2, 0) is 11.2 Å². The summed E-state index contributed by atoms with van der Waals surface area (Å²) in [5, 5.41) is 3.05. The van der Waals surface area contributed by atoms with Gasteiger partial charge in [0.2, 0.25) is 0 Å². The Balaban J connectivity index is 1.78. The molecule has 0 saturated heterocycles. The molecule has 0 N–H and O–H groups in total. The molecular formula is C16H12ClNO2S. The Morgan fingerprint density at radius 2 is 2.10 bits per heavy atom. The molecule has 2 aromatic heterocycles. The van der Waals surface area contributed by atoms with E-state index in [-0.39, 0.29) is 5.97 Å². The third-order valence-electron chi connectivity index (χ3n) is 3.07. The number of hydrogen-bond acceptors (Lipinski definition) is 4. The first-order chi connectivity index (χ1) is 10.2. The number of hydrogen-bond donors (Lipinski definition) is 0. The molecule has 3 aromatic rings. The summed E-state index contributed by atoms with van der Waals surface area (Å²) in [4.78, 5) is 17.6. The second kappa shape index (κ2) is 6.24. The molecule has 21 heavy (non-hydrogen) atoms. The van der Waals surface area contributed by atoms with Crippen LogP contribution in [0.2, 0.25) is 5.15 Å². The summed E-state index contributed by atoms with van der Waals surface area (Å²) in [6.45, 7) is 0.355. The largest absolute Gasteiger partial charge is 0.462 e. The summed E-state index contributed by atoms with van der Waals surface area (Å²) in [7, 11) is 0. The van der Waals surface area contributed by atoms with Gasteiger partial charge in [-0.2, -0.15) is 0 Å². The van der Waals surface area contributed by atoms with Gasteiger partial charge in [-0.15, -0.1) is 11.3 Å². The first-order valence-corrected chi connectivity index (χ1v) is 7.74. The number of halogens is 1. The lowest BCUT2D eigenvalue weighted by Gasteiger charge is -2.07. The Kier molecular flexibility index (Phi) is 4.18. The van der Waals surface area contributed by atoms with Gasteiger partial charge in [-0.25, -0.2) is 9.78 Å². The van der Waals surface area contributed by atoms with E-state index in [1.165, 1.54) is 4.88 Å². The highest BCUT2D eigenvalue weighted by Crippen LogP contribution is 2.21. The highest BCUT2D eigenvalue weighted by Gasteiger charge is 2.13. The summed E-state index contributed by atoms with van der Waals surface area (Å²) < 4.78 is 5.35. The highest BCUT2D eigenvalue weighted by atomic mass is 35.5. The van der Waals surface area contributed by atoms with Gasteiger partial charge in [0.05, 0.1) is 17.7 Å². The van der Waals surface area contributed by atoms with Gasteiger partial charge in [-0.05, 0) is 23.6 Å². The predicted octanol–water partition coefficient (Wildman–Crippen LogP) is 4.35. The quantitative estimate of drug-likeness (QED) is 0.530. The van der Waals surface area contributed by atoms with Crippen LogP contribution < -0.4 is 0 Å². The van der Waals surface area contributed by atoms with Crippen molar-refractivity contribution < 1.29 is 9.53 Å². The Morgan fingerprint density at radius 1 is 1.24 bits per heavy atom. The van der Waals surface area contributed by atoms with Gasteiger partial charge in [0.25, 0.3) is 0 Å². The van der Waals surface area contributed by atoms with Gasteiger partial charge < -0.3 is 4.74 Å². The number of carbonyl (C=O) groups excluding carboxylic acids is 1. The van der Waals surface area contributed by atoms with Crippen molar-refractivity contribution in [3.63, 3.8) is 0 Å². The van der Waals surface area contributed by atoms with Crippen molar-refractivity contribution in [3.05, 3.63) is 63.4 Å². The molecule has 3 rings (SSSR count). The lowest BCUT2D eigenvalue weighted by atomic mass is 10.1. The van der Waals surface area contributed by atoms with E-state index in [0.29, 0.717) is 22.8 Å². The molecule has 3 nitrogen and oxygen atoms in total. The summed E-state index contributed by atoms with van der Waals surface area (Å²) >= 11 is 7.62. The number of nitrogens with zero attached hydrogens (tertiary/aromatic N) is 1. The molecule has 0 bridgehead atoms. The van der Waals surface area contributed by atoms with E-state index >= 15 is 0 Å². The van der Waals surface area contributed by atoms with Gasteiger partial charge in [0.15, 0.2) is 0 Å². The van der Waals surface area contributed by atoms with Crippen molar-refractivity contribution in [2.45, 2.75) is 6.42 Å². The molecule has 0 aliphatic carbocycles. The number of benzene rings is 1. The molecule has 106 valence electrons. The van der Waals surface area contributed by atoms with Crippen molar-refractivity contribution in [2.75, 3.05) is 6.61 Å². The van der Waals surface area contributed by atoms with E-state index in [1.807, 2.05) is 41.8 Å². The SMILES string of the molecule is O=C(OCCc1cccs1)c1cc(Cl)nc2ccccc12. The zero-order valence-corrected chi connectivity index (χ0v) is 12.7. The molecular weight excluding hydrogens is 306 g/mol. The number of pyridine rings is 1. The number of thiophene rings is 1. The number of aromatic nitrogens is 1. The lowest BCUT2D eigenvalue weighted by molar-refractivity contribution is 0.0512. The standard InChI is InChI=1S/C16H12ClNO2S/c17-15-10-13(12-5-1-2-6-14(12)18-15)16(19)20-8-7-11-4-3-9-21-11/h1-6,9-10H,7-8H2. The average Bonchev–Trinajstić information content (AvgIpc) is 2.99. The Bertz CT molecular complexity index is 771. The summed E-state index contributed by atoms with van der Waals surface area (Å²) in [5.74, 6) is -0.368. The number of rotatable bonds is 4. The third-order valence-corrected chi connectivity index (χ3v) is 4.20. The monoisotopic (exact) mass is 317 g/mol. The lowest BCUT2D eigenvalue weighted by Crippen LogP contribution is -2.09. The zero-order chi connectivity index (χ0) is 14.7. The number of carbonyl (C=O) groups is 1. The van der Waals surface area contributed by atoms with Crippen LogP contribution >= 0.6 is 22.9 Å². The Labute approximate surface area is 131 Å². The molecule has 2 heterocycles. The second-order valence-electron chi connectivity index (χ2n) is 4.47. The first-order valence-electron chi connectivity index (χ1n) is 6.49. The molecule has 0 saturated carbocycles. The Morgan fingerprint density at radius 3 is 2.90 bits per heavy atom. The topological polar surface area (TPSA) is 39.2 Å². The van der Waals surface area contributed by atoms with Crippen molar-refractivity contribution in [3.8, 4) is 0 Å². The number of fused-ring (bicyclic) bond motifs is 1. The molecule has 1 aromatic carbocycles. The van der Waals surface area contributed by atoms with Crippen LogP contribution in [-0.4, -0.2) is 17.6 Å². The number of esters is 1. The minimum atomic E-state index is -0.368. The van der Waals surface area contributed by atoms with E-state index in [4.69, 9.17) is 16.3 Å². The smallest absolute Gasteiger partial charge is 0.338 e. The molecule has 0 spiro atoms. The summed E-state index contributed by atoms with van der Waals surface area (Å²) in [5.41, 5.74) is 1.15. The van der Waals surface area contributed by atoms with E-state index in [0.717, 1.165) is 11.8 Å². The van der Waals surface area contributed by atoms with Crippen molar-refractivity contribution >= 4 is 39.8 Å². The van der Waals surface area contributed by atoms with Crippen LogP contribution in [0, 0.1) is 0 Å². The van der Waals surface area contributed by atoms with Gasteiger partial charge in [-0.3, -0.25) is 0 Å². The van der Waals surface area contributed by atoms with E-state index in [2.05, 4.69) is 4.98 Å². The fourth-order valence-corrected chi connectivity index (χ4v) is 2.98. The van der Waals surface area contributed by atoms with Crippen LogP contribution in [0.1, 0.15) is 15.2 Å². The van der Waals surface area contributed by atoms with E-state index in [9.17, 15) is 4.79 Å². The average molecular weight is 318 g/mol. The third kappa shape index (κ3) is 3.23. The highest BCUT2D eigenvalue weighted by molar-refractivity contribution is 7.09. The summed E-state index contributed by atoms with van der Waals surface area (Å²) in [6.07, 6.45) is 0.722. The first kappa shape index (κ1) is 14.0. The maximum atomic E-state index is 12.2. The predicted molar refractivity (Wildman–Crippen MR) is 85.1 cm³/mol. The molecule has 0 radical (unpaired) electrons. The van der Waals surface area contributed by atoms with Crippen molar-refractivity contribution in [1.29, 1.82) is 0 Å². The molecule has 0 amide bonds. The van der Waals surface area contributed by atoms with Crippen LogP contribution in [0.15, 0.2) is 47.8 Å². The van der Waals surface area contributed by atoms with Crippen LogP contribution in [0.5, 0.6) is 0 Å². The fraction of sp³-hybridized carbons (Fsp3) is 0.125. The van der Waals surface area contributed by atoms with E-state index in [1.54, 1.807) is 17.4 Å². The van der Waals surface area contributed by atoms with Crippen LogP contribution in [0.3, 0.4) is 0 Å². The molecule has 0 aliphatic rings. The van der Waals surface area contributed by atoms with Gasteiger partial charge in [0.1, 0.15) is 5.15 Å². The Hall–Kier alpha value is -1.91. The van der Waals surface area contributed by atoms with Crippen molar-refractivity contribution in [1.82, 2.24) is 4.98 Å². The minimum Gasteiger partial charge on any atom is -0.462 e. The van der Waals surface area contributed by atoms with Gasteiger partial charge in [0, 0.05) is 16.7 Å². The van der Waals surface area contributed by atoms with Crippen molar-refractivity contribution in [2.24, 2.45) is 0 Å². The minimum absolute atomic E-state index is 0.291. The van der Waals surface area contributed by atoms with Crippen LogP contribution in [0.4, 0.5) is 0 Å². The number of ether oxygens (including phenoxy) is 1. The maximum Gasteiger partial charge on any atom is 0.338 e. The second-order valence-corrected chi connectivity index (χ2v) is 5.89. The molecule has 0 fully saturated rings. The maximum absolute atomic E-state index is 12.2. The molecule has 0 unspecified atom stereocenters. The molecule has 5 heteroatoms. The number of para-hydroxylation sites is 1. The normalized spacial score (nSPS) is 10.7. The van der Waals surface area contributed by atoms with Crippen LogP contribution in [0.25, 0.3) is 10.9 Å². The van der Waals surface area contributed by atoms with Gasteiger partial charge >= 0.3 is 5.97 Å².